The van der Waals surface area contributed by atoms with Crippen LogP contribution in [0.5, 0.6) is 5.75 Å². The van der Waals surface area contributed by atoms with Crippen molar-refractivity contribution in [2.45, 2.75) is 58.0 Å². The van der Waals surface area contributed by atoms with Crippen LogP contribution in [0, 0.1) is 11.3 Å². The summed E-state index contributed by atoms with van der Waals surface area (Å²) in [7, 11) is 0. The van der Waals surface area contributed by atoms with Crippen molar-refractivity contribution in [2.24, 2.45) is 11.3 Å². The minimum Gasteiger partial charge on any atom is -0.477 e. The summed E-state index contributed by atoms with van der Waals surface area (Å²) in [6.45, 7) is 2.09. The molecule has 0 bridgehead atoms. The number of carbonyl (C=O) groups is 3. The smallest absolute Gasteiger partial charge is 0.477 e. The third-order valence-corrected chi connectivity index (χ3v) is 7.56. The molecule has 1 N–H and O–H groups in total. The van der Waals surface area contributed by atoms with E-state index in [0.29, 0.717) is 17.9 Å². The lowest BCUT2D eigenvalue weighted by molar-refractivity contribution is -0.151. The molecule has 0 aliphatic heterocycles. The van der Waals surface area contributed by atoms with E-state index in [-0.39, 0.29) is 27.9 Å². The van der Waals surface area contributed by atoms with Crippen molar-refractivity contribution in [3.63, 3.8) is 0 Å². The van der Waals surface area contributed by atoms with Crippen molar-refractivity contribution in [3.8, 4) is 5.75 Å². The Morgan fingerprint density at radius 3 is 2.63 bits per heavy atom. The number of fused-ring (bicyclic) bond motifs is 3. The molecular formula is C22H22Cl2O6. The Morgan fingerprint density at radius 2 is 2.03 bits per heavy atom. The van der Waals surface area contributed by atoms with Crippen molar-refractivity contribution in [3.05, 3.63) is 33.3 Å². The number of rotatable bonds is 5. The third kappa shape index (κ3) is 3.50. The molecule has 1 aromatic carbocycles. The molecule has 0 heterocycles. The number of ketones is 1. The van der Waals surface area contributed by atoms with Gasteiger partial charge in [-0.1, -0.05) is 36.5 Å². The first-order valence-electron chi connectivity index (χ1n) is 10.1. The normalized spacial score (nSPS) is 23.7. The molecule has 0 amide bonds. The highest BCUT2D eigenvalue weighted by Gasteiger charge is 2.45. The lowest BCUT2D eigenvalue weighted by atomic mass is 9.71. The standard InChI is InChI=1S/C22H22Cl2O6/c1-2-22-7-6-13(25)9-14(22)16-12(10-22)8-15(17(23)18(16)24)29-19(11-4-3-5-11)20(26)30-21(27)28/h8-9,11,19H,2-7,10H2,1H3,(H,27,28). The Bertz CT molecular complexity index is 965. The van der Waals surface area contributed by atoms with E-state index in [0.717, 1.165) is 48.8 Å². The largest absolute Gasteiger partial charge is 0.513 e. The molecule has 2 unspecified atom stereocenters. The fourth-order valence-electron chi connectivity index (χ4n) is 4.79. The van der Waals surface area contributed by atoms with Gasteiger partial charge in [-0.05, 0) is 55.4 Å². The summed E-state index contributed by atoms with van der Waals surface area (Å²) in [5, 5.41) is 9.25. The maximum Gasteiger partial charge on any atom is 0.513 e. The molecule has 3 aliphatic carbocycles. The highest BCUT2D eigenvalue weighted by Crippen LogP contribution is 2.57. The van der Waals surface area contributed by atoms with Crippen LogP contribution in [-0.2, 0) is 20.7 Å². The maximum atomic E-state index is 12.3. The molecule has 1 fully saturated rings. The van der Waals surface area contributed by atoms with Gasteiger partial charge < -0.3 is 14.6 Å². The molecule has 1 aromatic rings. The molecule has 30 heavy (non-hydrogen) atoms. The van der Waals surface area contributed by atoms with E-state index < -0.39 is 18.2 Å². The van der Waals surface area contributed by atoms with Crippen molar-refractivity contribution in [1.29, 1.82) is 0 Å². The molecule has 0 aromatic heterocycles. The van der Waals surface area contributed by atoms with Crippen molar-refractivity contribution in [1.82, 2.24) is 0 Å². The van der Waals surface area contributed by atoms with E-state index in [1.54, 1.807) is 12.1 Å². The Kier molecular flexibility index (Phi) is 5.58. The molecular weight excluding hydrogens is 431 g/mol. The van der Waals surface area contributed by atoms with Crippen molar-refractivity contribution < 1.29 is 29.0 Å². The van der Waals surface area contributed by atoms with E-state index in [9.17, 15) is 14.4 Å². The summed E-state index contributed by atoms with van der Waals surface area (Å²) in [6, 6.07) is 1.77. The quantitative estimate of drug-likeness (QED) is 0.470. The van der Waals surface area contributed by atoms with Gasteiger partial charge in [0.1, 0.15) is 10.8 Å². The number of hydrogen-bond donors (Lipinski definition) is 1. The topological polar surface area (TPSA) is 89.9 Å². The fraction of sp³-hybridized carbons (Fsp3) is 0.500. The van der Waals surface area contributed by atoms with Gasteiger partial charge in [-0.15, -0.1) is 0 Å². The molecule has 4 rings (SSSR count). The number of hydrogen-bond acceptors (Lipinski definition) is 5. The second kappa shape index (κ2) is 7.89. The second-order valence-electron chi connectivity index (χ2n) is 8.29. The molecule has 8 heteroatoms. The number of carbonyl (C=O) groups excluding carboxylic acids is 2. The van der Waals surface area contributed by atoms with E-state index in [1.807, 2.05) is 0 Å². The van der Waals surface area contributed by atoms with Crippen LogP contribution in [0.2, 0.25) is 10.0 Å². The van der Waals surface area contributed by atoms with Crippen molar-refractivity contribution >= 4 is 46.7 Å². The highest BCUT2D eigenvalue weighted by molar-refractivity contribution is 6.44. The van der Waals surface area contributed by atoms with Crippen LogP contribution in [-0.4, -0.2) is 29.1 Å². The maximum absolute atomic E-state index is 12.3. The number of allylic oxidation sites excluding steroid dienone is 2. The van der Waals surface area contributed by atoms with Gasteiger partial charge in [0, 0.05) is 23.3 Å². The van der Waals surface area contributed by atoms with Gasteiger partial charge in [-0.25, -0.2) is 9.59 Å². The Hall–Kier alpha value is -2.05. The van der Waals surface area contributed by atoms with Gasteiger partial charge in [0.15, 0.2) is 11.9 Å². The predicted octanol–water partition coefficient (Wildman–Crippen LogP) is 5.46. The fourth-order valence-corrected chi connectivity index (χ4v) is 5.30. The molecule has 160 valence electrons. The van der Waals surface area contributed by atoms with Crippen LogP contribution in [0.15, 0.2) is 12.1 Å². The van der Waals surface area contributed by atoms with Crippen LogP contribution >= 0.6 is 23.2 Å². The van der Waals surface area contributed by atoms with Gasteiger partial charge in [0.25, 0.3) is 0 Å². The third-order valence-electron chi connectivity index (χ3n) is 6.71. The SMILES string of the molecule is CCC12CCC(=O)C=C1c1c(cc(OC(C(=O)OC(=O)O)C3CCC3)c(Cl)c1Cl)C2. The van der Waals surface area contributed by atoms with Gasteiger partial charge in [-0.3, -0.25) is 4.79 Å². The summed E-state index contributed by atoms with van der Waals surface area (Å²) >= 11 is 13.1. The minimum atomic E-state index is -1.67. The molecule has 0 saturated heterocycles. The van der Waals surface area contributed by atoms with E-state index in [1.165, 1.54) is 0 Å². The second-order valence-corrected chi connectivity index (χ2v) is 9.04. The van der Waals surface area contributed by atoms with Gasteiger partial charge in [0.2, 0.25) is 0 Å². The van der Waals surface area contributed by atoms with E-state index in [4.69, 9.17) is 33.0 Å². The molecule has 1 saturated carbocycles. The van der Waals surface area contributed by atoms with Crippen LogP contribution in [0.25, 0.3) is 5.57 Å². The average molecular weight is 453 g/mol. The van der Waals surface area contributed by atoms with Crippen LogP contribution < -0.4 is 4.74 Å². The first kappa shape index (κ1) is 21.2. The lowest BCUT2D eigenvalue weighted by Gasteiger charge is -2.32. The molecule has 3 aliphatic rings. The summed E-state index contributed by atoms with van der Waals surface area (Å²) < 4.78 is 10.3. The van der Waals surface area contributed by atoms with Crippen LogP contribution in [0.1, 0.15) is 56.6 Å². The Labute approximate surface area is 184 Å². The first-order chi connectivity index (χ1) is 14.3. The summed E-state index contributed by atoms with van der Waals surface area (Å²) in [5.74, 6) is -0.774. The average Bonchev–Trinajstić information content (AvgIpc) is 2.97. The highest BCUT2D eigenvalue weighted by atomic mass is 35.5. The van der Waals surface area contributed by atoms with Crippen LogP contribution in [0.4, 0.5) is 4.79 Å². The van der Waals surface area contributed by atoms with E-state index >= 15 is 0 Å². The Balaban J connectivity index is 1.71. The number of halogens is 2. The van der Waals surface area contributed by atoms with Gasteiger partial charge in [0.05, 0.1) is 5.02 Å². The summed E-state index contributed by atoms with van der Waals surface area (Å²) in [4.78, 5) is 35.2. The predicted molar refractivity (Wildman–Crippen MR) is 111 cm³/mol. The van der Waals surface area contributed by atoms with Crippen LogP contribution in [0.3, 0.4) is 0 Å². The van der Waals surface area contributed by atoms with Gasteiger partial charge in [-0.2, -0.15) is 0 Å². The first-order valence-corrected chi connectivity index (χ1v) is 10.9. The van der Waals surface area contributed by atoms with E-state index in [2.05, 4.69) is 11.7 Å². The van der Waals surface area contributed by atoms with Crippen molar-refractivity contribution in [2.75, 3.05) is 0 Å². The summed E-state index contributed by atoms with van der Waals surface area (Å²) in [6.07, 6.45) is 4.19. The number of carboxylic acid groups (broad SMARTS) is 1. The Morgan fingerprint density at radius 1 is 1.30 bits per heavy atom. The summed E-state index contributed by atoms with van der Waals surface area (Å²) in [5.41, 5.74) is 2.46. The number of esters is 1. The number of benzene rings is 1. The lowest BCUT2D eigenvalue weighted by Crippen LogP contribution is -2.40. The molecule has 0 spiro atoms. The molecule has 6 nitrogen and oxygen atoms in total. The zero-order valence-electron chi connectivity index (χ0n) is 16.5. The van der Waals surface area contributed by atoms with Gasteiger partial charge >= 0.3 is 12.1 Å². The molecule has 0 radical (unpaired) electrons. The zero-order valence-corrected chi connectivity index (χ0v) is 18.0. The zero-order chi connectivity index (χ0) is 21.6. The number of ether oxygens (including phenoxy) is 2. The minimum absolute atomic E-state index is 0.0795. The molecule has 2 atom stereocenters. The monoisotopic (exact) mass is 452 g/mol.